The third-order valence-corrected chi connectivity index (χ3v) is 8.32. The summed E-state index contributed by atoms with van der Waals surface area (Å²) in [4.78, 5) is 13.3. The highest BCUT2D eigenvalue weighted by Crippen LogP contribution is 2.26. The molecule has 1 fully saturated rings. The average molecular weight is 467 g/mol. The van der Waals surface area contributed by atoms with E-state index in [1.165, 1.54) is 21.2 Å². The molecule has 3 heterocycles. The molecule has 0 amide bonds. The molecule has 0 radical (unpaired) electrons. The monoisotopic (exact) mass is 466 g/mol. The molecule has 1 saturated heterocycles. The fourth-order valence-electron chi connectivity index (χ4n) is 4.28. The summed E-state index contributed by atoms with van der Waals surface area (Å²) in [5.74, 6) is 0.684. The van der Waals surface area contributed by atoms with Crippen LogP contribution in [0.3, 0.4) is 0 Å². The molecule has 0 aliphatic carbocycles. The molecule has 0 atom stereocenters. The maximum absolute atomic E-state index is 11.9. The number of aryl methyl sites for hydroxylation is 1. The molecule has 6 nitrogen and oxygen atoms in total. The van der Waals surface area contributed by atoms with Crippen molar-refractivity contribution in [3.05, 3.63) is 59.1 Å². The van der Waals surface area contributed by atoms with E-state index in [0.717, 1.165) is 43.6 Å². The first-order valence-electron chi connectivity index (χ1n) is 10.8. The molecule has 0 bridgehead atoms. The standard InChI is InChI=1S/C24H26N4O2S2/c1-16-21-8-7-20(32(2,29)30)14-22(21)27-24(26-16)28-11-9-18(10-12-28)25-15-19-13-17-5-3-4-6-23(17)31-19/h3-8,13-14,18,25H,9-12,15H2,1-2H3. The number of sulfone groups is 1. The first-order valence-corrected chi connectivity index (χ1v) is 13.5. The van der Waals surface area contributed by atoms with Crippen LogP contribution in [-0.4, -0.2) is 43.8 Å². The van der Waals surface area contributed by atoms with Crippen LogP contribution in [0.15, 0.2) is 53.4 Å². The molecule has 166 valence electrons. The largest absolute Gasteiger partial charge is 0.341 e. The number of hydrogen-bond donors (Lipinski definition) is 1. The fourth-order valence-corrected chi connectivity index (χ4v) is 5.93. The number of nitrogens with zero attached hydrogens (tertiary/aromatic N) is 3. The number of hydrogen-bond acceptors (Lipinski definition) is 7. The van der Waals surface area contributed by atoms with Crippen LogP contribution >= 0.6 is 11.3 Å². The summed E-state index contributed by atoms with van der Waals surface area (Å²) in [6.45, 7) is 4.60. The Kier molecular flexibility index (Phi) is 5.61. The fraction of sp³-hybridized carbons (Fsp3) is 0.333. The van der Waals surface area contributed by atoms with Gasteiger partial charge in [-0.1, -0.05) is 18.2 Å². The van der Waals surface area contributed by atoms with E-state index < -0.39 is 9.84 Å². The van der Waals surface area contributed by atoms with E-state index in [4.69, 9.17) is 9.97 Å². The third-order valence-electron chi connectivity index (χ3n) is 6.09. The van der Waals surface area contributed by atoms with Crippen molar-refractivity contribution in [1.29, 1.82) is 0 Å². The maximum atomic E-state index is 11.9. The lowest BCUT2D eigenvalue weighted by Crippen LogP contribution is -2.42. The molecule has 1 aliphatic heterocycles. The van der Waals surface area contributed by atoms with Crippen LogP contribution in [0.4, 0.5) is 5.95 Å². The van der Waals surface area contributed by atoms with Crippen molar-refractivity contribution < 1.29 is 8.42 Å². The second-order valence-corrected chi connectivity index (χ2v) is 11.6. The number of anilines is 1. The van der Waals surface area contributed by atoms with Gasteiger partial charge in [0.05, 0.1) is 16.1 Å². The zero-order chi connectivity index (χ0) is 22.3. The Bertz CT molecular complexity index is 1360. The summed E-state index contributed by atoms with van der Waals surface area (Å²) in [7, 11) is -3.27. The molecule has 1 N–H and O–H groups in total. The van der Waals surface area contributed by atoms with Gasteiger partial charge in [0.25, 0.3) is 0 Å². The van der Waals surface area contributed by atoms with Crippen LogP contribution < -0.4 is 10.2 Å². The van der Waals surface area contributed by atoms with Gasteiger partial charge in [0.2, 0.25) is 5.95 Å². The zero-order valence-corrected chi connectivity index (χ0v) is 19.8. The smallest absolute Gasteiger partial charge is 0.226 e. The van der Waals surface area contributed by atoms with Crippen molar-refractivity contribution in [2.24, 2.45) is 0 Å². The van der Waals surface area contributed by atoms with E-state index >= 15 is 0 Å². The van der Waals surface area contributed by atoms with Gasteiger partial charge in [0.1, 0.15) is 0 Å². The minimum atomic E-state index is -3.27. The topological polar surface area (TPSA) is 75.2 Å². The Labute approximate surface area is 192 Å². The summed E-state index contributed by atoms with van der Waals surface area (Å²) in [6, 6.07) is 16.3. The van der Waals surface area contributed by atoms with Gasteiger partial charge < -0.3 is 10.2 Å². The highest BCUT2D eigenvalue weighted by molar-refractivity contribution is 7.90. The second kappa shape index (κ2) is 8.42. The molecule has 2 aromatic carbocycles. The number of aromatic nitrogens is 2. The molecular weight excluding hydrogens is 440 g/mol. The minimum absolute atomic E-state index is 0.290. The zero-order valence-electron chi connectivity index (χ0n) is 18.2. The predicted molar refractivity (Wildman–Crippen MR) is 131 cm³/mol. The molecule has 0 unspecified atom stereocenters. The van der Waals surface area contributed by atoms with Gasteiger partial charge in [-0.15, -0.1) is 11.3 Å². The predicted octanol–water partition coefficient (Wildman–Crippen LogP) is 4.32. The molecule has 5 rings (SSSR count). The Balaban J connectivity index is 1.26. The van der Waals surface area contributed by atoms with Crippen LogP contribution in [-0.2, 0) is 16.4 Å². The first kappa shape index (κ1) is 21.3. The van der Waals surface area contributed by atoms with Crippen molar-refractivity contribution >= 4 is 48.1 Å². The summed E-state index contributed by atoms with van der Waals surface area (Å²) < 4.78 is 25.2. The van der Waals surface area contributed by atoms with Gasteiger partial charge in [-0.2, -0.15) is 0 Å². The Morgan fingerprint density at radius 2 is 1.88 bits per heavy atom. The van der Waals surface area contributed by atoms with Crippen LogP contribution in [0.5, 0.6) is 0 Å². The second-order valence-electron chi connectivity index (χ2n) is 8.45. The van der Waals surface area contributed by atoms with Gasteiger partial charge in [0, 0.05) is 46.9 Å². The van der Waals surface area contributed by atoms with Gasteiger partial charge in [-0.25, -0.2) is 18.4 Å². The first-order chi connectivity index (χ1) is 15.4. The summed E-state index contributed by atoms with van der Waals surface area (Å²) in [5.41, 5.74) is 1.55. The van der Waals surface area contributed by atoms with Crippen LogP contribution in [0, 0.1) is 6.92 Å². The van der Waals surface area contributed by atoms with Gasteiger partial charge >= 0.3 is 0 Å². The average Bonchev–Trinajstić information content (AvgIpc) is 3.20. The summed E-state index contributed by atoms with van der Waals surface area (Å²) in [5, 5.41) is 5.91. The molecule has 2 aromatic heterocycles. The van der Waals surface area contributed by atoms with E-state index in [2.05, 4.69) is 40.5 Å². The highest BCUT2D eigenvalue weighted by atomic mass is 32.2. The molecular formula is C24H26N4O2S2. The van der Waals surface area contributed by atoms with Gasteiger partial charge in [0.15, 0.2) is 9.84 Å². The molecule has 1 aliphatic rings. The van der Waals surface area contributed by atoms with E-state index in [1.807, 2.05) is 18.3 Å². The molecule has 0 saturated carbocycles. The number of nitrogens with one attached hydrogen (secondary N) is 1. The van der Waals surface area contributed by atoms with Crippen LogP contribution in [0.1, 0.15) is 23.4 Å². The third kappa shape index (κ3) is 4.35. The number of thiophene rings is 1. The van der Waals surface area contributed by atoms with Crippen LogP contribution in [0.25, 0.3) is 21.0 Å². The number of fused-ring (bicyclic) bond motifs is 2. The number of benzene rings is 2. The van der Waals surface area contributed by atoms with Crippen LogP contribution in [0.2, 0.25) is 0 Å². The number of piperidine rings is 1. The van der Waals surface area contributed by atoms with E-state index in [-0.39, 0.29) is 4.90 Å². The van der Waals surface area contributed by atoms with E-state index in [0.29, 0.717) is 17.5 Å². The lowest BCUT2D eigenvalue weighted by atomic mass is 10.1. The Morgan fingerprint density at radius 3 is 2.62 bits per heavy atom. The van der Waals surface area contributed by atoms with Crippen molar-refractivity contribution in [3.8, 4) is 0 Å². The Hall–Kier alpha value is -2.55. The lowest BCUT2D eigenvalue weighted by molar-refractivity contribution is 0.412. The Morgan fingerprint density at radius 1 is 1.09 bits per heavy atom. The summed E-state index contributed by atoms with van der Waals surface area (Å²) in [6.07, 6.45) is 3.27. The van der Waals surface area contributed by atoms with Gasteiger partial charge in [-0.3, -0.25) is 0 Å². The lowest BCUT2D eigenvalue weighted by Gasteiger charge is -2.32. The molecule has 32 heavy (non-hydrogen) atoms. The highest BCUT2D eigenvalue weighted by Gasteiger charge is 2.22. The van der Waals surface area contributed by atoms with Crippen molar-refractivity contribution in [2.75, 3.05) is 24.2 Å². The van der Waals surface area contributed by atoms with E-state index in [1.54, 1.807) is 18.2 Å². The maximum Gasteiger partial charge on any atom is 0.226 e. The van der Waals surface area contributed by atoms with Gasteiger partial charge in [-0.05, 0) is 55.5 Å². The van der Waals surface area contributed by atoms with Crippen molar-refractivity contribution in [3.63, 3.8) is 0 Å². The van der Waals surface area contributed by atoms with E-state index in [9.17, 15) is 8.42 Å². The van der Waals surface area contributed by atoms with Crippen molar-refractivity contribution in [2.45, 2.75) is 37.2 Å². The normalized spacial score (nSPS) is 15.6. The molecule has 8 heteroatoms. The quantitative estimate of drug-likeness (QED) is 0.472. The SMILES string of the molecule is Cc1nc(N2CCC(NCc3cc4ccccc4s3)CC2)nc2cc(S(C)(=O)=O)ccc12. The van der Waals surface area contributed by atoms with Crippen molar-refractivity contribution in [1.82, 2.24) is 15.3 Å². The minimum Gasteiger partial charge on any atom is -0.341 e. The molecule has 0 spiro atoms. The number of rotatable bonds is 5. The summed E-state index contributed by atoms with van der Waals surface area (Å²) >= 11 is 1.85. The molecule has 4 aromatic rings.